The second kappa shape index (κ2) is 6.84. The Morgan fingerprint density at radius 2 is 2.00 bits per heavy atom. The molecule has 0 bridgehead atoms. The van der Waals surface area contributed by atoms with Crippen LogP contribution in [0.3, 0.4) is 0 Å². The van der Waals surface area contributed by atoms with Crippen LogP contribution in [-0.2, 0) is 6.42 Å². The Balaban J connectivity index is 1.91. The first kappa shape index (κ1) is 16.2. The summed E-state index contributed by atoms with van der Waals surface area (Å²) in [6, 6.07) is 12.9. The molecule has 0 saturated heterocycles. The van der Waals surface area contributed by atoms with E-state index < -0.39 is 0 Å². The zero-order chi connectivity index (χ0) is 17.1. The van der Waals surface area contributed by atoms with Gasteiger partial charge in [0.15, 0.2) is 0 Å². The fourth-order valence-corrected chi connectivity index (χ4v) is 2.65. The number of rotatable bonds is 4. The Labute approximate surface area is 143 Å². The first-order valence-electron chi connectivity index (χ1n) is 7.48. The first-order chi connectivity index (χ1) is 11.6. The number of nitrogens with zero attached hydrogens (tertiary/aromatic N) is 2. The van der Waals surface area contributed by atoms with E-state index in [1.807, 2.05) is 19.1 Å². The van der Waals surface area contributed by atoms with Crippen LogP contribution < -0.4 is 5.32 Å². The smallest absolute Gasteiger partial charge is 0.259 e. The first-order valence-corrected chi connectivity index (χ1v) is 7.86. The molecule has 1 N–H and O–H groups in total. The molecule has 0 aliphatic rings. The molecule has 1 heterocycles. The highest BCUT2D eigenvalue weighted by Crippen LogP contribution is 2.20. The highest BCUT2D eigenvalue weighted by molar-refractivity contribution is 6.30. The zero-order valence-electron chi connectivity index (χ0n) is 13.0. The van der Waals surface area contributed by atoms with Crippen molar-refractivity contribution in [3.05, 3.63) is 76.8 Å². The van der Waals surface area contributed by atoms with Crippen molar-refractivity contribution in [3.8, 4) is 5.69 Å². The van der Waals surface area contributed by atoms with Crippen molar-refractivity contribution in [1.82, 2.24) is 9.78 Å². The molecular formula is C18H15ClFN3O. The molecule has 0 fully saturated rings. The summed E-state index contributed by atoms with van der Waals surface area (Å²) in [7, 11) is 0. The molecule has 0 unspecified atom stereocenters. The molecule has 24 heavy (non-hydrogen) atoms. The van der Waals surface area contributed by atoms with Gasteiger partial charge in [-0.15, -0.1) is 0 Å². The maximum Gasteiger partial charge on any atom is 0.259 e. The lowest BCUT2D eigenvalue weighted by atomic mass is 10.2. The Hall–Kier alpha value is -2.66. The summed E-state index contributed by atoms with van der Waals surface area (Å²) < 4.78 is 14.7. The summed E-state index contributed by atoms with van der Waals surface area (Å²) in [5.41, 5.74) is 2.57. The Morgan fingerprint density at radius 1 is 1.25 bits per heavy atom. The van der Waals surface area contributed by atoms with Gasteiger partial charge in [0, 0.05) is 10.7 Å². The van der Waals surface area contributed by atoms with Gasteiger partial charge in [-0.2, -0.15) is 5.10 Å². The standard InChI is InChI=1S/C18H15ClFN3O/c1-2-17-16(18(24)22-14-8-6-13(20)7-9-14)11-21-23(17)15-5-3-4-12(19)10-15/h3-11H,2H2,1H3,(H,22,24). The second-order valence-corrected chi connectivity index (χ2v) is 5.65. The van der Waals surface area contributed by atoms with Gasteiger partial charge in [0.05, 0.1) is 23.1 Å². The number of benzene rings is 2. The topological polar surface area (TPSA) is 46.9 Å². The lowest BCUT2D eigenvalue weighted by molar-refractivity contribution is 0.102. The van der Waals surface area contributed by atoms with Crippen molar-refractivity contribution >= 4 is 23.2 Å². The molecular weight excluding hydrogens is 329 g/mol. The van der Waals surface area contributed by atoms with E-state index in [0.29, 0.717) is 22.7 Å². The van der Waals surface area contributed by atoms with E-state index in [2.05, 4.69) is 10.4 Å². The molecule has 1 amide bonds. The number of anilines is 1. The van der Waals surface area contributed by atoms with Gasteiger partial charge < -0.3 is 5.32 Å². The van der Waals surface area contributed by atoms with E-state index in [-0.39, 0.29) is 11.7 Å². The predicted molar refractivity (Wildman–Crippen MR) is 92.3 cm³/mol. The van der Waals surface area contributed by atoms with Crippen LogP contribution in [0, 0.1) is 5.82 Å². The summed E-state index contributed by atoms with van der Waals surface area (Å²) in [4.78, 5) is 12.5. The Bertz CT molecular complexity index is 874. The van der Waals surface area contributed by atoms with Crippen LogP contribution in [0.2, 0.25) is 5.02 Å². The van der Waals surface area contributed by atoms with Gasteiger partial charge >= 0.3 is 0 Å². The van der Waals surface area contributed by atoms with Crippen LogP contribution in [0.15, 0.2) is 54.7 Å². The third kappa shape index (κ3) is 3.31. The van der Waals surface area contributed by atoms with Gasteiger partial charge in [0.25, 0.3) is 5.91 Å². The molecule has 0 radical (unpaired) electrons. The van der Waals surface area contributed by atoms with E-state index in [9.17, 15) is 9.18 Å². The minimum absolute atomic E-state index is 0.285. The number of nitrogens with one attached hydrogen (secondary N) is 1. The lowest BCUT2D eigenvalue weighted by Crippen LogP contribution is -2.14. The van der Waals surface area contributed by atoms with Gasteiger partial charge in [-0.3, -0.25) is 4.79 Å². The molecule has 0 saturated carbocycles. The van der Waals surface area contributed by atoms with E-state index in [0.717, 1.165) is 11.4 Å². The number of carbonyl (C=O) groups is 1. The minimum atomic E-state index is -0.351. The van der Waals surface area contributed by atoms with Crippen molar-refractivity contribution < 1.29 is 9.18 Å². The fraction of sp³-hybridized carbons (Fsp3) is 0.111. The fourth-order valence-electron chi connectivity index (χ4n) is 2.47. The van der Waals surface area contributed by atoms with Gasteiger partial charge in [-0.1, -0.05) is 24.6 Å². The second-order valence-electron chi connectivity index (χ2n) is 5.21. The lowest BCUT2D eigenvalue weighted by Gasteiger charge is -2.09. The van der Waals surface area contributed by atoms with Gasteiger partial charge in [0.1, 0.15) is 5.82 Å². The number of aromatic nitrogens is 2. The Morgan fingerprint density at radius 3 is 2.67 bits per heavy atom. The molecule has 3 rings (SSSR count). The van der Waals surface area contributed by atoms with Gasteiger partial charge in [0.2, 0.25) is 0 Å². The average Bonchev–Trinajstić information content (AvgIpc) is 3.01. The van der Waals surface area contributed by atoms with Crippen LogP contribution in [0.4, 0.5) is 10.1 Å². The van der Waals surface area contributed by atoms with Crippen LogP contribution >= 0.6 is 11.6 Å². The third-order valence-corrected chi connectivity index (χ3v) is 3.84. The third-order valence-electron chi connectivity index (χ3n) is 3.60. The SMILES string of the molecule is CCc1c(C(=O)Nc2ccc(F)cc2)cnn1-c1cccc(Cl)c1. The largest absolute Gasteiger partial charge is 0.322 e. The van der Waals surface area contributed by atoms with Crippen LogP contribution in [0.25, 0.3) is 5.69 Å². The van der Waals surface area contributed by atoms with Crippen LogP contribution in [-0.4, -0.2) is 15.7 Å². The molecule has 1 aromatic heterocycles. The van der Waals surface area contributed by atoms with Gasteiger partial charge in [-0.05, 0) is 48.9 Å². The summed E-state index contributed by atoms with van der Waals surface area (Å²) >= 11 is 6.03. The number of hydrogen-bond acceptors (Lipinski definition) is 2. The van der Waals surface area contributed by atoms with E-state index in [4.69, 9.17) is 11.6 Å². The molecule has 0 aliphatic heterocycles. The summed E-state index contributed by atoms with van der Waals surface area (Å²) in [5, 5.41) is 7.66. The molecule has 0 spiro atoms. The maximum atomic E-state index is 13.0. The number of halogens is 2. The molecule has 3 aromatic rings. The van der Waals surface area contributed by atoms with E-state index in [1.54, 1.807) is 16.8 Å². The van der Waals surface area contributed by atoms with E-state index >= 15 is 0 Å². The number of amides is 1. The van der Waals surface area contributed by atoms with Crippen LogP contribution in [0.5, 0.6) is 0 Å². The van der Waals surface area contributed by atoms with Crippen molar-refractivity contribution in [3.63, 3.8) is 0 Å². The summed E-state index contributed by atoms with van der Waals surface area (Å²) in [6.45, 7) is 1.95. The quantitative estimate of drug-likeness (QED) is 0.759. The number of hydrogen-bond donors (Lipinski definition) is 1. The van der Waals surface area contributed by atoms with Crippen LogP contribution in [0.1, 0.15) is 23.0 Å². The Kier molecular flexibility index (Phi) is 4.62. The maximum absolute atomic E-state index is 13.0. The number of carbonyl (C=O) groups excluding carboxylic acids is 1. The highest BCUT2D eigenvalue weighted by Gasteiger charge is 2.17. The monoisotopic (exact) mass is 343 g/mol. The molecule has 6 heteroatoms. The molecule has 122 valence electrons. The molecule has 0 aliphatic carbocycles. The van der Waals surface area contributed by atoms with Gasteiger partial charge in [-0.25, -0.2) is 9.07 Å². The molecule has 0 atom stereocenters. The summed E-state index contributed by atoms with van der Waals surface area (Å²) in [5.74, 6) is -0.636. The highest BCUT2D eigenvalue weighted by atomic mass is 35.5. The van der Waals surface area contributed by atoms with Crippen molar-refractivity contribution in [1.29, 1.82) is 0 Å². The molecule has 4 nitrogen and oxygen atoms in total. The van der Waals surface area contributed by atoms with E-state index in [1.165, 1.54) is 30.5 Å². The van der Waals surface area contributed by atoms with Crippen molar-refractivity contribution in [2.24, 2.45) is 0 Å². The zero-order valence-corrected chi connectivity index (χ0v) is 13.7. The minimum Gasteiger partial charge on any atom is -0.322 e. The molecule has 2 aromatic carbocycles. The predicted octanol–water partition coefficient (Wildman–Crippen LogP) is 4.48. The average molecular weight is 344 g/mol. The van der Waals surface area contributed by atoms with Crippen molar-refractivity contribution in [2.45, 2.75) is 13.3 Å². The van der Waals surface area contributed by atoms with Crippen molar-refractivity contribution in [2.75, 3.05) is 5.32 Å². The normalized spacial score (nSPS) is 10.6. The summed E-state index contributed by atoms with van der Waals surface area (Å²) in [6.07, 6.45) is 2.15.